The smallest absolute Gasteiger partial charge is 0.327 e. The minimum absolute atomic E-state index is 0.0758. The summed E-state index contributed by atoms with van der Waals surface area (Å²) in [7, 11) is 3.83. The third-order valence-electron chi connectivity index (χ3n) is 3.52. The third kappa shape index (κ3) is 3.98. The summed E-state index contributed by atoms with van der Waals surface area (Å²) in [5.74, 6) is 0.828. The summed E-state index contributed by atoms with van der Waals surface area (Å²) in [4.78, 5) is 17.0. The van der Waals surface area contributed by atoms with E-state index in [0.29, 0.717) is 13.1 Å². The van der Waals surface area contributed by atoms with Gasteiger partial charge in [-0.3, -0.25) is 9.55 Å². The zero-order valence-corrected chi connectivity index (χ0v) is 13.8. The number of allylic oxidation sites excluding steroid dienone is 1. The molecule has 6 heteroatoms. The van der Waals surface area contributed by atoms with Gasteiger partial charge in [-0.25, -0.2) is 4.79 Å². The second-order valence-electron chi connectivity index (χ2n) is 5.11. The summed E-state index contributed by atoms with van der Waals surface area (Å²) in [5.41, 5.74) is 0.835. The van der Waals surface area contributed by atoms with Crippen molar-refractivity contribution in [2.45, 2.75) is 39.7 Å². The molecule has 0 aromatic carbocycles. The molecule has 2 heterocycles. The number of anilines is 1. The molecule has 1 fully saturated rings. The largest absolute Gasteiger partial charge is 0.362 e. The highest BCUT2D eigenvalue weighted by Crippen LogP contribution is 2.26. The Labute approximate surface area is 126 Å². The van der Waals surface area contributed by atoms with Crippen LogP contribution in [0.2, 0.25) is 0 Å². The Kier molecular flexibility index (Phi) is 6.71. The number of H-pyrrole nitrogens is 1. The maximum Gasteiger partial charge on any atom is 0.327 e. The van der Waals surface area contributed by atoms with Gasteiger partial charge in [-0.2, -0.15) is 5.06 Å². The predicted molar refractivity (Wildman–Crippen MR) is 87.1 cm³/mol. The topological polar surface area (TPSA) is 64.5 Å². The number of imidazole rings is 1. The zero-order valence-electron chi connectivity index (χ0n) is 13.8. The van der Waals surface area contributed by atoms with Crippen molar-refractivity contribution >= 4 is 11.9 Å². The number of nitrogens with one attached hydrogen (secondary N) is 1. The van der Waals surface area contributed by atoms with E-state index in [1.165, 1.54) is 5.06 Å². The maximum atomic E-state index is 12.2. The van der Waals surface area contributed by atoms with E-state index < -0.39 is 0 Å². The molecule has 0 radical (unpaired) electrons. The summed E-state index contributed by atoms with van der Waals surface area (Å²) >= 11 is 0. The number of rotatable bonds is 3. The van der Waals surface area contributed by atoms with Crippen LogP contribution in [0.4, 0.5) is 5.82 Å². The first-order valence-electron chi connectivity index (χ1n) is 7.63. The quantitative estimate of drug-likeness (QED) is 0.898. The molecule has 0 saturated carbocycles. The average molecular weight is 296 g/mol. The predicted octanol–water partition coefficient (Wildman–Crippen LogP) is 2.33. The highest BCUT2D eigenvalue weighted by Gasteiger charge is 2.24. The lowest BCUT2D eigenvalue weighted by Crippen LogP contribution is -2.35. The summed E-state index contributed by atoms with van der Waals surface area (Å²) in [5, 5.41) is 10.7. The van der Waals surface area contributed by atoms with Gasteiger partial charge >= 0.3 is 5.69 Å². The number of nitrogens with zero attached hydrogens (tertiary/aromatic N) is 3. The van der Waals surface area contributed by atoms with Gasteiger partial charge in [0, 0.05) is 33.2 Å². The molecule has 0 atom stereocenters. The fraction of sp³-hybridized carbons (Fsp3) is 0.667. The fourth-order valence-electron chi connectivity index (χ4n) is 2.58. The maximum absolute atomic E-state index is 12.2. The molecule has 0 spiro atoms. The van der Waals surface area contributed by atoms with Gasteiger partial charge in [-0.05, 0) is 25.8 Å². The van der Waals surface area contributed by atoms with Crippen molar-refractivity contribution in [3.05, 3.63) is 22.3 Å². The molecular formula is C15H28N4O2. The molecule has 0 aliphatic carbocycles. The normalized spacial score (nSPS) is 16.9. The van der Waals surface area contributed by atoms with E-state index in [9.17, 15) is 10.0 Å². The Morgan fingerprint density at radius 3 is 2.33 bits per heavy atom. The van der Waals surface area contributed by atoms with E-state index in [0.717, 1.165) is 24.4 Å². The van der Waals surface area contributed by atoms with Crippen LogP contribution in [0.25, 0.3) is 6.08 Å². The fourth-order valence-corrected chi connectivity index (χ4v) is 2.58. The molecule has 2 rings (SSSR count). The van der Waals surface area contributed by atoms with Crippen molar-refractivity contribution < 1.29 is 5.21 Å². The zero-order chi connectivity index (χ0) is 16.0. The highest BCUT2D eigenvalue weighted by atomic mass is 16.5. The summed E-state index contributed by atoms with van der Waals surface area (Å²) in [6, 6.07) is 0.145. The summed E-state index contributed by atoms with van der Waals surface area (Å²) in [6.45, 7) is 7.15. The van der Waals surface area contributed by atoms with Crippen LogP contribution in [0.5, 0.6) is 0 Å². The summed E-state index contributed by atoms with van der Waals surface area (Å²) < 4.78 is 1.82. The van der Waals surface area contributed by atoms with Crippen LogP contribution in [0.3, 0.4) is 0 Å². The Morgan fingerprint density at radius 1 is 1.29 bits per heavy atom. The van der Waals surface area contributed by atoms with Crippen molar-refractivity contribution in [1.82, 2.24) is 14.6 Å². The molecule has 1 aromatic rings. The lowest BCUT2D eigenvalue weighted by atomic mass is 10.1. The van der Waals surface area contributed by atoms with Gasteiger partial charge in [-0.15, -0.1) is 0 Å². The molecule has 0 amide bonds. The minimum atomic E-state index is -0.0758. The number of aromatic amines is 1. The molecule has 1 aromatic heterocycles. The molecular weight excluding hydrogens is 268 g/mol. The second kappa shape index (κ2) is 8.05. The minimum Gasteiger partial charge on any atom is -0.362 e. The van der Waals surface area contributed by atoms with Crippen molar-refractivity contribution in [1.29, 1.82) is 0 Å². The molecule has 1 saturated heterocycles. The van der Waals surface area contributed by atoms with Gasteiger partial charge in [0.2, 0.25) is 0 Å². The van der Waals surface area contributed by atoms with Crippen molar-refractivity contribution in [2.24, 2.45) is 0 Å². The molecule has 1 aliphatic heterocycles. The van der Waals surface area contributed by atoms with E-state index in [2.05, 4.69) is 4.98 Å². The van der Waals surface area contributed by atoms with Crippen LogP contribution in [0, 0.1) is 0 Å². The molecule has 120 valence electrons. The lowest BCUT2D eigenvalue weighted by Gasteiger charge is -2.28. The molecule has 1 aliphatic rings. The first kappa shape index (κ1) is 17.5. The number of hydrogen-bond donors (Lipinski definition) is 2. The van der Waals surface area contributed by atoms with E-state index in [1.807, 2.05) is 56.5 Å². The van der Waals surface area contributed by atoms with Crippen molar-refractivity contribution in [2.75, 3.05) is 32.1 Å². The van der Waals surface area contributed by atoms with E-state index in [4.69, 9.17) is 0 Å². The Balaban J connectivity index is 0.00000106. The van der Waals surface area contributed by atoms with E-state index >= 15 is 0 Å². The van der Waals surface area contributed by atoms with E-state index in [-0.39, 0.29) is 11.7 Å². The van der Waals surface area contributed by atoms with Crippen LogP contribution in [-0.2, 0) is 0 Å². The van der Waals surface area contributed by atoms with Crippen LogP contribution in [0.15, 0.2) is 10.9 Å². The van der Waals surface area contributed by atoms with E-state index in [1.54, 1.807) is 0 Å². The van der Waals surface area contributed by atoms with Crippen molar-refractivity contribution in [3.63, 3.8) is 0 Å². The van der Waals surface area contributed by atoms with Gasteiger partial charge in [0.1, 0.15) is 5.82 Å². The number of aromatic nitrogens is 2. The first-order chi connectivity index (χ1) is 10.0. The standard InChI is InChI=1S/C13H22N4O2.C2H6/c1-4-5-11-12(15(2)3)14-13(18)17(11)10-6-8-16(19)9-7-10;1-2/h4-5,10,19H,6-9H2,1-3H3,(H,14,18);1-2H3/b5-4-;. The van der Waals surface area contributed by atoms with Crippen LogP contribution in [0.1, 0.15) is 45.3 Å². The molecule has 21 heavy (non-hydrogen) atoms. The Bertz CT molecular complexity index is 508. The van der Waals surface area contributed by atoms with Crippen LogP contribution in [-0.4, -0.2) is 47.0 Å². The molecule has 6 nitrogen and oxygen atoms in total. The Hall–Kier alpha value is -1.53. The highest BCUT2D eigenvalue weighted by molar-refractivity contribution is 5.60. The van der Waals surface area contributed by atoms with Gasteiger partial charge in [0.15, 0.2) is 0 Å². The second-order valence-corrected chi connectivity index (χ2v) is 5.11. The summed E-state index contributed by atoms with van der Waals surface area (Å²) in [6.07, 6.45) is 5.46. The lowest BCUT2D eigenvalue weighted by molar-refractivity contribution is -0.110. The number of piperidine rings is 1. The number of hydrogen-bond acceptors (Lipinski definition) is 4. The third-order valence-corrected chi connectivity index (χ3v) is 3.52. The van der Waals surface area contributed by atoms with Gasteiger partial charge in [-0.1, -0.05) is 19.9 Å². The molecule has 0 unspecified atom stereocenters. The van der Waals surface area contributed by atoms with Crippen molar-refractivity contribution in [3.8, 4) is 0 Å². The first-order valence-corrected chi connectivity index (χ1v) is 7.63. The van der Waals surface area contributed by atoms with Gasteiger partial charge in [0.05, 0.1) is 5.69 Å². The SMILES string of the molecule is C/C=C\c1c(N(C)C)[nH]c(=O)n1C1CCN(O)CC1.CC. The van der Waals surface area contributed by atoms with Gasteiger partial charge in [0.25, 0.3) is 0 Å². The van der Waals surface area contributed by atoms with Gasteiger partial charge < -0.3 is 10.1 Å². The Morgan fingerprint density at radius 2 is 1.86 bits per heavy atom. The van der Waals surface area contributed by atoms with Crippen LogP contribution < -0.4 is 10.6 Å². The molecule has 2 N–H and O–H groups in total. The average Bonchev–Trinajstić information content (AvgIpc) is 2.80. The number of hydroxylamine groups is 2. The van der Waals surface area contributed by atoms with Crippen LogP contribution >= 0.6 is 0 Å². The monoisotopic (exact) mass is 296 g/mol. The molecule has 0 bridgehead atoms.